The predicted molar refractivity (Wildman–Crippen MR) is 104 cm³/mol. The first kappa shape index (κ1) is 20.7. The van der Waals surface area contributed by atoms with Crippen molar-refractivity contribution in [1.82, 2.24) is 15.2 Å². The van der Waals surface area contributed by atoms with Gasteiger partial charge >= 0.3 is 0 Å². The molecule has 2 amide bonds. The summed E-state index contributed by atoms with van der Waals surface area (Å²) in [6.45, 7) is 7.26. The van der Waals surface area contributed by atoms with E-state index in [1.807, 2.05) is 19.1 Å². The molecule has 1 N–H and O–H groups in total. The lowest BCUT2D eigenvalue weighted by molar-refractivity contribution is -0.121. The number of carbonyl (C=O) groups is 2. The Morgan fingerprint density at radius 1 is 1.15 bits per heavy atom. The van der Waals surface area contributed by atoms with E-state index in [0.29, 0.717) is 31.0 Å². The molecule has 2 aromatic rings. The summed E-state index contributed by atoms with van der Waals surface area (Å²) in [4.78, 5) is 30.8. The summed E-state index contributed by atoms with van der Waals surface area (Å²) in [5, 5.41) is 2.89. The van der Waals surface area contributed by atoms with Gasteiger partial charge in [-0.25, -0.2) is 0 Å². The van der Waals surface area contributed by atoms with Crippen LogP contribution in [0.3, 0.4) is 0 Å². The van der Waals surface area contributed by atoms with Crippen molar-refractivity contribution in [3.8, 4) is 0 Å². The molecule has 27 heavy (non-hydrogen) atoms. The Hall–Kier alpha value is -2.63. The van der Waals surface area contributed by atoms with Crippen molar-refractivity contribution in [2.75, 3.05) is 13.1 Å². The van der Waals surface area contributed by atoms with Crippen molar-refractivity contribution < 1.29 is 14.0 Å². The van der Waals surface area contributed by atoms with Gasteiger partial charge in [-0.05, 0) is 44.0 Å². The average molecular weight is 371 g/mol. The first-order chi connectivity index (χ1) is 13.0. The van der Waals surface area contributed by atoms with Crippen LogP contribution in [0.1, 0.15) is 60.0 Å². The third-order valence-corrected chi connectivity index (χ3v) is 4.44. The molecular formula is C21H29N3O3. The fourth-order valence-corrected chi connectivity index (χ4v) is 2.91. The highest BCUT2D eigenvalue weighted by atomic mass is 16.3. The topological polar surface area (TPSA) is 75.4 Å². The van der Waals surface area contributed by atoms with Crippen molar-refractivity contribution in [3.05, 3.63) is 53.2 Å². The third kappa shape index (κ3) is 6.55. The van der Waals surface area contributed by atoms with E-state index >= 15 is 0 Å². The molecule has 2 heterocycles. The zero-order chi connectivity index (χ0) is 19.6. The summed E-state index contributed by atoms with van der Waals surface area (Å²) >= 11 is 0. The van der Waals surface area contributed by atoms with Gasteiger partial charge in [0.1, 0.15) is 11.5 Å². The number of hydrogen-bond acceptors (Lipinski definition) is 4. The second-order valence-electron chi connectivity index (χ2n) is 6.71. The van der Waals surface area contributed by atoms with Gasteiger partial charge in [0.25, 0.3) is 5.91 Å². The molecule has 0 aliphatic heterocycles. The van der Waals surface area contributed by atoms with Crippen LogP contribution < -0.4 is 5.32 Å². The lowest BCUT2D eigenvalue weighted by Crippen LogP contribution is -2.36. The Bertz CT molecular complexity index is 740. The highest BCUT2D eigenvalue weighted by Gasteiger charge is 2.21. The van der Waals surface area contributed by atoms with Gasteiger partial charge in [-0.1, -0.05) is 19.8 Å². The van der Waals surface area contributed by atoms with Crippen LogP contribution in [0, 0.1) is 13.8 Å². The van der Waals surface area contributed by atoms with Gasteiger partial charge in [-0.15, -0.1) is 0 Å². The summed E-state index contributed by atoms with van der Waals surface area (Å²) in [6, 6.07) is 5.50. The lowest BCUT2D eigenvalue weighted by Gasteiger charge is -2.22. The van der Waals surface area contributed by atoms with E-state index in [4.69, 9.17) is 4.42 Å². The van der Waals surface area contributed by atoms with Crippen LogP contribution in [0.5, 0.6) is 0 Å². The normalized spacial score (nSPS) is 10.6. The van der Waals surface area contributed by atoms with E-state index in [1.165, 1.54) is 0 Å². The Labute approximate surface area is 161 Å². The van der Waals surface area contributed by atoms with Crippen molar-refractivity contribution >= 4 is 11.8 Å². The molecule has 0 atom stereocenters. The fourth-order valence-electron chi connectivity index (χ4n) is 2.91. The monoisotopic (exact) mass is 371 g/mol. The Morgan fingerprint density at radius 2 is 1.89 bits per heavy atom. The van der Waals surface area contributed by atoms with Gasteiger partial charge < -0.3 is 14.6 Å². The molecule has 6 nitrogen and oxygen atoms in total. The number of rotatable bonds is 10. The lowest BCUT2D eigenvalue weighted by atomic mass is 10.1. The van der Waals surface area contributed by atoms with Crippen molar-refractivity contribution in [3.63, 3.8) is 0 Å². The molecular weight excluding hydrogens is 342 g/mol. The molecule has 0 saturated carbocycles. The highest BCUT2D eigenvalue weighted by Crippen LogP contribution is 2.17. The zero-order valence-electron chi connectivity index (χ0n) is 16.5. The van der Waals surface area contributed by atoms with E-state index in [0.717, 1.165) is 30.6 Å². The smallest absolute Gasteiger partial charge is 0.257 e. The van der Waals surface area contributed by atoms with Crippen molar-refractivity contribution in [2.45, 2.75) is 53.0 Å². The molecule has 0 unspecified atom stereocenters. The predicted octanol–water partition coefficient (Wildman–Crippen LogP) is 3.63. The number of carbonyl (C=O) groups excluding carboxylic acids is 2. The molecule has 0 bridgehead atoms. The molecule has 0 aliphatic rings. The van der Waals surface area contributed by atoms with Crippen molar-refractivity contribution in [2.24, 2.45) is 0 Å². The second-order valence-corrected chi connectivity index (χ2v) is 6.71. The maximum absolute atomic E-state index is 12.9. The van der Waals surface area contributed by atoms with E-state index < -0.39 is 0 Å². The summed E-state index contributed by atoms with van der Waals surface area (Å²) < 4.78 is 5.49. The van der Waals surface area contributed by atoms with Gasteiger partial charge in [0.05, 0.1) is 5.56 Å². The maximum atomic E-state index is 12.9. The van der Waals surface area contributed by atoms with Crippen LogP contribution in [0.25, 0.3) is 0 Å². The van der Waals surface area contributed by atoms with Gasteiger partial charge in [-0.3, -0.25) is 14.6 Å². The quantitative estimate of drug-likeness (QED) is 0.647. The Balaban J connectivity index is 1.92. The van der Waals surface area contributed by atoms with Gasteiger partial charge in [0.15, 0.2) is 0 Å². The minimum atomic E-state index is -0.0693. The van der Waals surface area contributed by atoms with Crippen LogP contribution in [0.4, 0.5) is 0 Å². The first-order valence-corrected chi connectivity index (χ1v) is 9.53. The number of nitrogens with zero attached hydrogens (tertiary/aromatic N) is 2. The van der Waals surface area contributed by atoms with Crippen LogP contribution >= 0.6 is 0 Å². The van der Waals surface area contributed by atoms with Crippen LogP contribution in [0.15, 0.2) is 35.0 Å². The zero-order valence-corrected chi connectivity index (χ0v) is 16.5. The number of hydrogen-bond donors (Lipinski definition) is 1. The standard InChI is InChI=1S/C21H29N3O3/c1-4-5-6-12-24(21(26)19-14-16(2)27-17(19)3)13-9-20(25)23-15-18-7-10-22-11-8-18/h7-8,10-11,14H,4-6,9,12-13,15H2,1-3H3,(H,23,25). The molecule has 0 fully saturated rings. The van der Waals surface area contributed by atoms with Gasteiger partial charge in [0.2, 0.25) is 5.91 Å². The summed E-state index contributed by atoms with van der Waals surface area (Å²) in [7, 11) is 0. The van der Waals surface area contributed by atoms with Crippen molar-refractivity contribution in [1.29, 1.82) is 0 Å². The van der Waals surface area contributed by atoms with Gasteiger partial charge in [-0.2, -0.15) is 0 Å². The molecule has 2 rings (SSSR count). The average Bonchev–Trinajstić information content (AvgIpc) is 3.01. The van der Waals surface area contributed by atoms with E-state index in [9.17, 15) is 9.59 Å². The molecule has 146 valence electrons. The summed E-state index contributed by atoms with van der Waals surface area (Å²) in [5.41, 5.74) is 1.58. The largest absolute Gasteiger partial charge is 0.466 e. The fraction of sp³-hybridized carbons (Fsp3) is 0.476. The summed E-state index contributed by atoms with van der Waals surface area (Å²) in [5.74, 6) is 1.21. The Morgan fingerprint density at radius 3 is 2.52 bits per heavy atom. The molecule has 6 heteroatoms. The van der Waals surface area contributed by atoms with Crippen LogP contribution in [0.2, 0.25) is 0 Å². The number of amides is 2. The minimum Gasteiger partial charge on any atom is -0.466 e. The summed E-state index contributed by atoms with van der Waals surface area (Å²) in [6.07, 6.45) is 6.74. The Kier molecular flexibility index (Phi) is 8.04. The van der Waals surface area contributed by atoms with E-state index in [-0.39, 0.29) is 18.2 Å². The molecule has 0 aliphatic carbocycles. The number of aryl methyl sites for hydroxylation is 2. The molecule has 2 aromatic heterocycles. The first-order valence-electron chi connectivity index (χ1n) is 9.53. The molecule has 0 spiro atoms. The van der Waals surface area contributed by atoms with E-state index in [1.54, 1.807) is 30.3 Å². The molecule has 0 aromatic carbocycles. The maximum Gasteiger partial charge on any atom is 0.257 e. The number of nitrogens with one attached hydrogen (secondary N) is 1. The molecule has 0 saturated heterocycles. The van der Waals surface area contributed by atoms with Crippen LogP contribution in [-0.2, 0) is 11.3 Å². The SMILES string of the molecule is CCCCCN(CCC(=O)NCc1ccncc1)C(=O)c1cc(C)oc1C. The number of aromatic nitrogens is 1. The van der Waals surface area contributed by atoms with Gasteiger partial charge in [0, 0.05) is 38.4 Å². The number of pyridine rings is 1. The number of unbranched alkanes of at least 4 members (excludes halogenated alkanes) is 2. The third-order valence-electron chi connectivity index (χ3n) is 4.44. The molecule has 0 radical (unpaired) electrons. The minimum absolute atomic E-state index is 0.0672. The van der Waals surface area contributed by atoms with E-state index in [2.05, 4.69) is 17.2 Å². The van der Waals surface area contributed by atoms with Crippen LogP contribution in [-0.4, -0.2) is 34.8 Å². The highest BCUT2D eigenvalue weighted by molar-refractivity contribution is 5.95. The second kappa shape index (κ2) is 10.5. The number of furan rings is 1.